The molecule has 1 aromatic carbocycles. The molecule has 1 rings (SSSR count). The second-order valence-electron chi connectivity index (χ2n) is 2.51. The van der Waals surface area contributed by atoms with Crippen molar-refractivity contribution >= 4 is 33.3 Å². The van der Waals surface area contributed by atoms with Crippen molar-refractivity contribution in [2.75, 3.05) is 0 Å². The molecule has 0 amide bonds. The summed E-state index contributed by atoms with van der Waals surface area (Å²) in [5.41, 5.74) is -2.40. The Morgan fingerprint density at radius 3 is 2.33 bits per heavy atom. The molecular formula is C7H5Cl2NaO4S. The third kappa shape index (κ3) is 4.20. The molecule has 1 unspecified atom stereocenters. The molecule has 15 heavy (non-hydrogen) atoms. The average Bonchev–Trinajstić information content (AvgIpc) is 2.06. The van der Waals surface area contributed by atoms with Crippen LogP contribution in [0.4, 0.5) is 0 Å². The predicted octanol–water partition coefficient (Wildman–Crippen LogP) is -1.47. The van der Waals surface area contributed by atoms with Gasteiger partial charge in [0.1, 0.15) is 10.1 Å². The summed E-state index contributed by atoms with van der Waals surface area (Å²) in [6, 6.07) is 3.84. The van der Waals surface area contributed by atoms with Gasteiger partial charge in [0.25, 0.3) is 0 Å². The fraction of sp³-hybridized carbons (Fsp3) is 0.143. The van der Waals surface area contributed by atoms with E-state index in [9.17, 15) is 13.0 Å². The number of hydrogen-bond donors (Lipinski definition) is 1. The summed E-state index contributed by atoms with van der Waals surface area (Å²) in [6.45, 7) is 0. The standard InChI is InChI=1S/C7H6Cl2O4S.Na/c8-4-1-2-6(9)5(3-4)7(10)14(11,12)13;/h1-3,7,10H,(H,11,12,13);/q;+1/p-1. The maximum Gasteiger partial charge on any atom is 1.00 e. The van der Waals surface area contributed by atoms with Gasteiger partial charge in [-0.05, 0) is 18.2 Å². The summed E-state index contributed by atoms with van der Waals surface area (Å²) in [5, 5.41) is 9.28. The van der Waals surface area contributed by atoms with Gasteiger partial charge in [0.15, 0.2) is 5.44 Å². The van der Waals surface area contributed by atoms with Gasteiger partial charge in [-0.15, -0.1) is 0 Å². The zero-order valence-corrected chi connectivity index (χ0v) is 12.0. The molecule has 0 saturated carbocycles. The molecule has 0 aromatic heterocycles. The summed E-state index contributed by atoms with van der Waals surface area (Å²) in [4.78, 5) is 0. The first-order valence-electron chi connectivity index (χ1n) is 3.40. The van der Waals surface area contributed by atoms with E-state index in [4.69, 9.17) is 28.3 Å². The second-order valence-corrected chi connectivity index (χ2v) is 4.79. The van der Waals surface area contributed by atoms with E-state index in [0.717, 1.165) is 6.07 Å². The Bertz CT molecular complexity index is 448. The van der Waals surface area contributed by atoms with Crippen LogP contribution < -0.4 is 29.6 Å². The summed E-state index contributed by atoms with van der Waals surface area (Å²) in [5.74, 6) is 0. The maximum absolute atomic E-state index is 10.5. The molecule has 1 aromatic rings. The van der Waals surface area contributed by atoms with Crippen molar-refractivity contribution in [3.63, 3.8) is 0 Å². The van der Waals surface area contributed by atoms with Crippen LogP contribution in [0, 0.1) is 0 Å². The minimum Gasteiger partial charge on any atom is -0.746 e. The van der Waals surface area contributed by atoms with Crippen LogP contribution in [-0.4, -0.2) is 18.1 Å². The minimum atomic E-state index is -4.83. The number of benzene rings is 1. The van der Waals surface area contributed by atoms with Gasteiger partial charge in [-0.2, -0.15) is 0 Å². The van der Waals surface area contributed by atoms with Crippen LogP contribution in [-0.2, 0) is 10.1 Å². The van der Waals surface area contributed by atoms with Gasteiger partial charge in [-0.1, -0.05) is 23.2 Å². The first kappa shape index (κ1) is 15.7. The normalized spacial score (nSPS) is 13.1. The zero-order valence-electron chi connectivity index (χ0n) is 7.65. The molecule has 0 fully saturated rings. The van der Waals surface area contributed by atoms with Gasteiger partial charge < -0.3 is 9.66 Å². The van der Waals surface area contributed by atoms with E-state index in [0.29, 0.717) is 0 Å². The van der Waals surface area contributed by atoms with Gasteiger partial charge in [0.2, 0.25) is 0 Å². The molecular weight excluding hydrogens is 274 g/mol. The molecule has 0 spiro atoms. The van der Waals surface area contributed by atoms with E-state index in [1.165, 1.54) is 12.1 Å². The fourth-order valence-corrected chi connectivity index (χ4v) is 1.83. The van der Waals surface area contributed by atoms with Crippen LogP contribution in [0.15, 0.2) is 18.2 Å². The van der Waals surface area contributed by atoms with Crippen molar-refractivity contribution in [1.29, 1.82) is 0 Å². The first-order chi connectivity index (χ1) is 6.32. The van der Waals surface area contributed by atoms with Gasteiger partial charge in [0, 0.05) is 15.6 Å². The molecule has 78 valence electrons. The summed E-state index contributed by atoms with van der Waals surface area (Å²) >= 11 is 11.1. The van der Waals surface area contributed by atoms with E-state index in [1.807, 2.05) is 0 Å². The zero-order chi connectivity index (χ0) is 10.9. The largest absolute Gasteiger partial charge is 1.00 e. The quantitative estimate of drug-likeness (QED) is 0.530. The van der Waals surface area contributed by atoms with Crippen molar-refractivity contribution in [1.82, 2.24) is 0 Å². The van der Waals surface area contributed by atoms with E-state index in [1.54, 1.807) is 0 Å². The molecule has 4 nitrogen and oxygen atoms in total. The molecule has 1 atom stereocenters. The van der Waals surface area contributed by atoms with Crippen molar-refractivity contribution in [2.45, 2.75) is 5.44 Å². The van der Waals surface area contributed by atoms with Crippen molar-refractivity contribution in [2.24, 2.45) is 0 Å². The van der Waals surface area contributed by atoms with E-state index in [2.05, 4.69) is 0 Å². The Morgan fingerprint density at radius 1 is 1.33 bits per heavy atom. The topological polar surface area (TPSA) is 77.4 Å². The van der Waals surface area contributed by atoms with Crippen molar-refractivity contribution in [3.05, 3.63) is 33.8 Å². The Kier molecular flexibility index (Phi) is 6.10. The molecule has 0 radical (unpaired) electrons. The second kappa shape index (κ2) is 5.84. The van der Waals surface area contributed by atoms with Crippen LogP contribution in [0.3, 0.4) is 0 Å². The molecule has 0 saturated heterocycles. The maximum atomic E-state index is 10.5. The van der Waals surface area contributed by atoms with E-state index >= 15 is 0 Å². The van der Waals surface area contributed by atoms with Crippen molar-refractivity contribution in [3.8, 4) is 0 Å². The Hall–Kier alpha value is 0.670. The summed E-state index contributed by atoms with van der Waals surface area (Å²) in [7, 11) is -4.83. The van der Waals surface area contributed by atoms with E-state index in [-0.39, 0.29) is 45.2 Å². The smallest absolute Gasteiger partial charge is 0.746 e. The third-order valence-corrected chi connectivity index (χ3v) is 2.88. The van der Waals surface area contributed by atoms with Crippen LogP contribution in [0.2, 0.25) is 10.0 Å². The molecule has 0 aliphatic carbocycles. The van der Waals surface area contributed by atoms with Crippen LogP contribution in [0.1, 0.15) is 11.0 Å². The average molecular weight is 279 g/mol. The predicted molar refractivity (Wildman–Crippen MR) is 51.1 cm³/mol. The fourth-order valence-electron chi connectivity index (χ4n) is 0.859. The molecule has 8 heteroatoms. The van der Waals surface area contributed by atoms with Crippen LogP contribution in [0.25, 0.3) is 0 Å². The molecule has 0 bridgehead atoms. The van der Waals surface area contributed by atoms with Gasteiger partial charge in [-0.25, -0.2) is 8.42 Å². The number of rotatable bonds is 2. The van der Waals surface area contributed by atoms with E-state index < -0.39 is 15.6 Å². The first-order valence-corrected chi connectivity index (χ1v) is 5.63. The summed E-state index contributed by atoms with van der Waals surface area (Å²) in [6.07, 6.45) is 0. The number of aliphatic hydroxyl groups excluding tert-OH is 1. The SMILES string of the molecule is O=S(=O)([O-])C(O)c1cc(Cl)ccc1Cl.[Na+]. The van der Waals surface area contributed by atoms with Gasteiger partial charge in [0.05, 0.1) is 0 Å². The van der Waals surface area contributed by atoms with Crippen LogP contribution in [0.5, 0.6) is 0 Å². The monoisotopic (exact) mass is 278 g/mol. The molecule has 0 aliphatic heterocycles. The number of halogens is 2. The Balaban J connectivity index is 0.00000196. The molecule has 0 aliphatic rings. The van der Waals surface area contributed by atoms with Gasteiger partial charge in [-0.3, -0.25) is 0 Å². The number of hydrogen-bond acceptors (Lipinski definition) is 4. The summed E-state index contributed by atoms with van der Waals surface area (Å²) < 4.78 is 31.5. The Labute approximate surface area is 119 Å². The number of aliphatic hydroxyl groups is 1. The Morgan fingerprint density at radius 2 is 1.87 bits per heavy atom. The molecule has 0 heterocycles. The minimum absolute atomic E-state index is 0. The van der Waals surface area contributed by atoms with Crippen molar-refractivity contribution < 1.29 is 47.6 Å². The van der Waals surface area contributed by atoms with Gasteiger partial charge >= 0.3 is 29.6 Å². The third-order valence-electron chi connectivity index (χ3n) is 1.50. The molecule has 1 N–H and O–H groups in total. The van der Waals surface area contributed by atoms with Crippen LogP contribution >= 0.6 is 23.2 Å².